The summed E-state index contributed by atoms with van der Waals surface area (Å²) < 4.78 is 33.4. The maximum Gasteiger partial charge on any atom is 0.330 e. The van der Waals surface area contributed by atoms with E-state index in [2.05, 4.69) is 134 Å². The smallest absolute Gasteiger partial charge is 0.330 e. The van der Waals surface area contributed by atoms with E-state index in [9.17, 15) is 9.59 Å². The lowest BCUT2D eigenvalue weighted by Crippen LogP contribution is -2.02. The van der Waals surface area contributed by atoms with Crippen LogP contribution in [0.5, 0.6) is 23.0 Å². The Hall–Kier alpha value is -7.14. The molecule has 0 bridgehead atoms. The number of aliphatic hydroxyl groups is 2. The highest BCUT2D eigenvalue weighted by Gasteiger charge is 2.06. The van der Waals surface area contributed by atoms with Crippen molar-refractivity contribution in [2.75, 3.05) is 52.9 Å². The minimum atomic E-state index is -0.360. The van der Waals surface area contributed by atoms with E-state index in [0.29, 0.717) is 26.4 Å². The minimum absolute atomic E-state index is 0.281. The molecule has 0 aliphatic heterocycles. The van der Waals surface area contributed by atoms with Gasteiger partial charge in [-0.15, -0.1) is 0 Å². The number of unbranched alkanes of at least 4 members (excludes halogenated alkanes) is 12. The number of aliphatic hydroxyl groups excluding tert-OH is 2. The van der Waals surface area contributed by atoms with Crippen LogP contribution in [0.15, 0.2) is 171 Å². The third kappa shape index (κ3) is 28.1. The fourth-order valence-corrected chi connectivity index (χ4v) is 8.78. The van der Waals surface area contributed by atoms with Gasteiger partial charge in [-0.05, 0) is 209 Å². The van der Waals surface area contributed by atoms with Crippen LogP contribution in [0.1, 0.15) is 147 Å². The third-order valence-corrected chi connectivity index (χ3v) is 13.5. The van der Waals surface area contributed by atoms with Gasteiger partial charge in [-0.3, -0.25) is 0 Å². The Morgan fingerprint density at radius 2 is 0.475 bits per heavy atom. The van der Waals surface area contributed by atoms with E-state index < -0.39 is 0 Å². The van der Waals surface area contributed by atoms with Crippen LogP contribution in [-0.2, 0) is 44.7 Å². The number of carbonyl (C=O) groups is 2. The van der Waals surface area contributed by atoms with Crippen LogP contribution in [0.4, 0.5) is 0 Å². The highest BCUT2D eigenvalue weighted by molar-refractivity contribution is 5.81. The van der Waals surface area contributed by atoms with E-state index >= 15 is 0 Å². The quantitative estimate of drug-likeness (QED) is 0.0218. The van der Waals surface area contributed by atoms with E-state index in [1.54, 1.807) is 0 Å². The zero-order valence-corrected chi connectivity index (χ0v) is 47.4. The SMILES string of the molecule is C=CC(=O)OCCCCCCOc1ccc(Cc2ccc(Cc3ccc(OCCCCCCOC(=O)C=C)cc3)cc2)cc1.OCCCCCCOc1ccc(Cc2ccc(Cc3ccc(OCCCCCCO)cc3)cc2)cc1. The summed E-state index contributed by atoms with van der Waals surface area (Å²) in [7, 11) is 0. The van der Waals surface area contributed by atoms with Gasteiger partial charge in [-0.25, -0.2) is 9.59 Å². The molecule has 0 radical (unpaired) electrons. The highest BCUT2D eigenvalue weighted by Crippen LogP contribution is 2.22. The molecule has 0 saturated carbocycles. The molecule has 0 aliphatic carbocycles. The van der Waals surface area contributed by atoms with Crippen molar-refractivity contribution in [3.8, 4) is 23.0 Å². The van der Waals surface area contributed by atoms with Crippen molar-refractivity contribution in [2.24, 2.45) is 0 Å². The van der Waals surface area contributed by atoms with Crippen LogP contribution in [0.3, 0.4) is 0 Å². The third-order valence-electron chi connectivity index (χ3n) is 13.5. The van der Waals surface area contributed by atoms with Crippen LogP contribution >= 0.6 is 0 Å². The molecule has 0 fully saturated rings. The van der Waals surface area contributed by atoms with Gasteiger partial charge >= 0.3 is 11.9 Å². The molecule has 428 valence electrons. The van der Waals surface area contributed by atoms with Crippen molar-refractivity contribution < 1.29 is 48.2 Å². The van der Waals surface area contributed by atoms with Crippen molar-refractivity contribution in [1.29, 1.82) is 0 Å². The van der Waals surface area contributed by atoms with Crippen molar-refractivity contribution >= 4 is 11.9 Å². The molecule has 0 spiro atoms. The summed E-state index contributed by atoms with van der Waals surface area (Å²) in [6.07, 6.45) is 21.9. The molecular weight excluding hydrogens is 1000 g/mol. The molecule has 0 saturated heterocycles. The Morgan fingerprint density at radius 3 is 0.675 bits per heavy atom. The van der Waals surface area contributed by atoms with Crippen molar-refractivity contribution in [2.45, 2.75) is 128 Å². The monoisotopic (exact) mass is 1090 g/mol. The van der Waals surface area contributed by atoms with Gasteiger partial charge in [0.15, 0.2) is 0 Å². The van der Waals surface area contributed by atoms with Gasteiger partial charge in [0, 0.05) is 25.4 Å². The van der Waals surface area contributed by atoms with Gasteiger partial charge in [0.05, 0.1) is 39.6 Å². The molecule has 2 N–H and O–H groups in total. The van der Waals surface area contributed by atoms with Crippen LogP contribution in [0.2, 0.25) is 0 Å². The van der Waals surface area contributed by atoms with Gasteiger partial charge < -0.3 is 38.6 Å². The van der Waals surface area contributed by atoms with Gasteiger partial charge in [-0.1, -0.05) is 123 Å². The first kappa shape index (κ1) is 63.7. The first-order chi connectivity index (χ1) is 39.3. The Kier molecular flexibility index (Phi) is 31.9. The predicted octanol–water partition coefficient (Wildman–Crippen LogP) is 14.9. The van der Waals surface area contributed by atoms with Gasteiger partial charge in [0.1, 0.15) is 23.0 Å². The molecule has 6 aromatic carbocycles. The molecule has 6 aromatic rings. The normalized spacial score (nSPS) is 10.7. The van der Waals surface area contributed by atoms with Crippen LogP contribution in [0, 0.1) is 0 Å². The molecule has 0 heterocycles. The molecule has 10 heteroatoms. The van der Waals surface area contributed by atoms with Crippen molar-refractivity contribution in [3.63, 3.8) is 0 Å². The van der Waals surface area contributed by atoms with E-state index in [4.69, 9.17) is 38.6 Å². The van der Waals surface area contributed by atoms with Crippen molar-refractivity contribution in [3.05, 3.63) is 215 Å². The van der Waals surface area contributed by atoms with Gasteiger partial charge in [0.2, 0.25) is 0 Å². The summed E-state index contributed by atoms with van der Waals surface area (Å²) in [6.45, 7) is 11.1. The number of rotatable bonds is 40. The summed E-state index contributed by atoms with van der Waals surface area (Å²) in [5.74, 6) is 2.90. The Bertz CT molecular complexity index is 2390. The Balaban J connectivity index is 0.000000300. The molecule has 10 nitrogen and oxygen atoms in total. The van der Waals surface area contributed by atoms with Gasteiger partial charge in [-0.2, -0.15) is 0 Å². The summed E-state index contributed by atoms with van der Waals surface area (Å²) in [5, 5.41) is 17.6. The summed E-state index contributed by atoms with van der Waals surface area (Å²) >= 11 is 0. The lowest BCUT2D eigenvalue weighted by atomic mass is 10.0. The average Bonchev–Trinajstić information content (AvgIpc) is 3.49. The molecule has 0 amide bonds. The van der Waals surface area contributed by atoms with E-state index in [1.165, 1.54) is 56.7 Å². The fraction of sp³-hybridized carbons (Fsp3) is 0.400. The molecule has 80 heavy (non-hydrogen) atoms. The number of carbonyl (C=O) groups excluding carboxylic acids is 2. The highest BCUT2D eigenvalue weighted by atomic mass is 16.5. The van der Waals surface area contributed by atoms with E-state index in [1.807, 2.05) is 24.3 Å². The first-order valence-electron chi connectivity index (χ1n) is 29.1. The molecule has 0 atom stereocenters. The fourth-order valence-electron chi connectivity index (χ4n) is 8.78. The molecule has 0 aliphatic rings. The largest absolute Gasteiger partial charge is 0.494 e. The average molecular weight is 1090 g/mol. The first-order valence-corrected chi connectivity index (χ1v) is 29.1. The second-order valence-corrected chi connectivity index (χ2v) is 20.2. The topological polar surface area (TPSA) is 130 Å². The number of benzene rings is 6. The molecule has 6 rings (SSSR count). The maximum atomic E-state index is 11.0. The second kappa shape index (κ2) is 40.1. The number of esters is 2. The Labute approximate surface area is 477 Å². The molecule has 0 aromatic heterocycles. The number of ether oxygens (including phenoxy) is 6. The standard InChI is InChI=1S/C38H46O6.C32H42O4/c1-3-37(39)43-27-11-7-5-9-25-41-35-21-17-33(18-22-35)29-31-13-15-32(16-14-31)30-34-19-23-36(24-20-34)42-26-10-6-8-12-28-44-38(40)4-2;33-21-5-1-3-7-23-35-31-17-13-29(14-18-31)25-27-9-11-28(12-10-27)26-30-15-19-32(20-16-30)36-24-8-4-2-6-22-34/h3-4,13-24H,1-2,5-12,25-30H2;9-20,33-34H,1-8,21-26H2. The predicted molar refractivity (Wildman–Crippen MR) is 322 cm³/mol. The lowest BCUT2D eigenvalue weighted by molar-refractivity contribution is -0.138. The van der Waals surface area contributed by atoms with Crippen molar-refractivity contribution in [1.82, 2.24) is 0 Å². The second-order valence-electron chi connectivity index (χ2n) is 20.2. The Morgan fingerprint density at radius 1 is 0.287 bits per heavy atom. The summed E-state index contributed by atoms with van der Waals surface area (Å²) in [4.78, 5) is 22.0. The van der Waals surface area contributed by atoms with E-state index in [-0.39, 0.29) is 25.2 Å². The van der Waals surface area contributed by atoms with Crippen LogP contribution in [-0.4, -0.2) is 75.0 Å². The van der Waals surface area contributed by atoms with E-state index in [0.717, 1.165) is 165 Å². The lowest BCUT2D eigenvalue weighted by Gasteiger charge is -2.09. The molecule has 0 unspecified atom stereocenters. The zero-order chi connectivity index (χ0) is 56.5. The van der Waals surface area contributed by atoms with Crippen LogP contribution in [0.25, 0.3) is 0 Å². The number of hydrogen-bond acceptors (Lipinski definition) is 10. The minimum Gasteiger partial charge on any atom is -0.494 e. The molecular formula is C70H88O10. The zero-order valence-electron chi connectivity index (χ0n) is 47.4. The van der Waals surface area contributed by atoms with Crippen LogP contribution < -0.4 is 18.9 Å². The number of hydrogen-bond donors (Lipinski definition) is 2. The summed E-state index contributed by atoms with van der Waals surface area (Å²) in [6, 6.07) is 51.2. The van der Waals surface area contributed by atoms with Gasteiger partial charge in [0.25, 0.3) is 0 Å². The summed E-state index contributed by atoms with van der Waals surface area (Å²) in [5.41, 5.74) is 10.2. The maximum absolute atomic E-state index is 11.0.